The van der Waals surface area contributed by atoms with Crippen molar-refractivity contribution in [3.8, 4) is 0 Å². The van der Waals surface area contributed by atoms with Gasteiger partial charge < -0.3 is 10.6 Å². The molecule has 0 saturated carbocycles. The van der Waals surface area contributed by atoms with Gasteiger partial charge in [0.05, 0.1) is 6.54 Å². The van der Waals surface area contributed by atoms with E-state index in [1.54, 1.807) is 6.07 Å². The third-order valence-corrected chi connectivity index (χ3v) is 6.16. The zero-order valence-corrected chi connectivity index (χ0v) is 19.9. The lowest BCUT2D eigenvalue weighted by atomic mass is 10.0. The Morgan fingerprint density at radius 2 is 1.88 bits per heavy atom. The molecule has 0 amide bonds. The van der Waals surface area contributed by atoms with Crippen molar-refractivity contribution < 1.29 is 8.42 Å². The first-order valence-electron chi connectivity index (χ1n) is 8.96. The maximum absolute atomic E-state index is 11.3. The number of aliphatic imine (C=N–C) groups is 1. The van der Waals surface area contributed by atoms with E-state index >= 15 is 0 Å². The fourth-order valence-electron chi connectivity index (χ4n) is 2.33. The summed E-state index contributed by atoms with van der Waals surface area (Å²) in [6, 6.07) is 3.29. The van der Waals surface area contributed by atoms with Crippen LogP contribution in [0.25, 0.3) is 0 Å². The van der Waals surface area contributed by atoms with Gasteiger partial charge in [-0.3, -0.25) is 0 Å². The molecule has 26 heavy (non-hydrogen) atoms. The van der Waals surface area contributed by atoms with Crippen LogP contribution in [0.5, 0.6) is 0 Å². The summed E-state index contributed by atoms with van der Waals surface area (Å²) in [5.41, 5.74) is 0. The van der Waals surface area contributed by atoms with Crippen LogP contribution in [-0.4, -0.2) is 27.5 Å². The molecule has 0 saturated heterocycles. The van der Waals surface area contributed by atoms with Gasteiger partial charge in [0.2, 0.25) is 10.0 Å². The number of rotatable bonds is 11. The summed E-state index contributed by atoms with van der Waals surface area (Å²) in [6.45, 7) is 8.66. The van der Waals surface area contributed by atoms with Crippen LogP contribution in [0.1, 0.15) is 57.8 Å². The maximum atomic E-state index is 11.3. The van der Waals surface area contributed by atoms with Gasteiger partial charge in [-0.2, -0.15) is 0 Å². The Morgan fingerprint density at radius 1 is 1.19 bits per heavy atom. The Balaban J connectivity index is 0.00000625. The number of halogens is 1. The monoisotopic (exact) mass is 516 g/mol. The summed E-state index contributed by atoms with van der Waals surface area (Å²) >= 11 is 1.16. The first-order chi connectivity index (χ1) is 11.8. The fraction of sp³-hybridized carbons (Fsp3) is 0.706. The normalized spacial score (nSPS) is 12.1. The van der Waals surface area contributed by atoms with Crippen molar-refractivity contribution >= 4 is 51.3 Å². The molecule has 1 aromatic heterocycles. The van der Waals surface area contributed by atoms with Crippen LogP contribution in [0.2, 0.25) is 0 Å². The molecule has 0 aromatic carbocycles. The topological polar surface area (TPSA) is 96.6 Å². The number of hydrogen-bond donors (Lipinski definition) is 3. The number of hydrogen-bond acceptors (Lipinski definition) is 4. The number of guanidine groups is 1. The molecular formula is C17H33IN4O2S2. The number of nitrogens with zero attached hydrogens (tertiary/aromatic N) is 1. The molecule has 1 heterocycles. The van der Waals surface area contributed by atoms with Gasteiger partial charge in [0.15, 0.2) is 5.96 Å². The molecule has 6 nitrogen and oxygen atoms in total. The third kappa shape index (κ3) is 11.3. The third-order valence-electron chi connectivity index (χ3n) is 3.66. The Morgan fingerprint density at radius 3 is 2.46 bits per heavy atom. The quantitative estimate of drug-likeness (QED) is 0.181. The smallest absolute Gasteiger partial charge is 0.247 e. The Kier molecular flexibility index (Phi) is 13.5. The van der Waals surface area contributed by atoms with Crippen molar-refractivity contribution in [2.45, 2.75) is 63.6 Å². The molecule has 0 fully saturated rings. The summed E-state index contributed by atoms with van der Waals surface area (Å²) < 4.78 is 22.8. The number of primary sulfonamides is 1. The van der Waals surface area contributed by atoms with Crippen LogP contribution in [-0.2, 0) is 16.6 Å². The van der Waals surface area contributed by atoms with Crippen molar-refractivity contribution in [2.75, 3.05) is 13.1 Å². The van der Waals surface area contributed by atoms with Gasteiger partial charge in [-0.15, -0.1) is 35.3 Å². The molecular weight excluding hydrogens is 483 g/mol. The second-order valence-corrected chi connectivity index (χ2v) is 9.44. The molecule has 0 radical (unpaired) electrons. The van der Waals surface area contributed by atoms with Gasteiger partial charge in [0.25, 0.3) is 0 Å². The van der Waals surface area contributed by atoms with Gasteiger partial charge in [-0.05, 0) is 31.4 Å². The molecule has 0 bridgehead atoms. The molecule has 1 rings (SSSR count). The second-order valence-electron chi connectivity index (χ2n) is 6.48. The molecule has 0 aliphatic carbocycles. The maximum Gasteiger partial charge on any atom is 0.247 e. The van der Waals surface area contributed by atoms with E-state index in [1.807, 2.05) is 6.92 Å². The van der Waals surface area contributed by atoms with E-state index in [1.165, 1.54) is 31.7 Å². The minimum atomic E-state index is -3.62. The molecule has 1 aromatic rings. The van der Waals surface area contributed by atoms with Crippen molar-refractivity contribution in [3.05, 3.63) is 17.0 Å². The predicted octanol–water partition coefficient (Wildman–Crippen LogP) is 3.68. The SMILES string of the molecule is CCNC(=NCc1ccc(S(N)(=O)=O)s1)NCCCCCCC(C)C.I. The highest BCUT2D eigenvalue weighted by molar-refractivity contribution is 14.0. The highest BCUT2D eigenvalue weighted by Gasteiger charge is 2.10. The van der Waals surface area contributed by atoms with Crippen LogP contribution >= 0.6 is 35.3 Å². The van der Waals surface area contributed by atoms with Crippen LogP contribution in [0.15, 0.2) is 21.3 Å². The van der Waals surface area contributed by atoms with E-state index < -0.39 is 10.0 Å². The lowest BCUT2D eigenvalue weighted by molar-refractivity contribution is 0.518. The lowest BCUT2D eigenvalue weighted by Crippen LogP contribution is -2.37. The zero-order chi connectivity index (χ0) is 18.7. The van der Waals surface area contributed by atoms with E-state index in [0.717, 1.165) is 47.6 Å². The van der Waals surface area contributed by atoms with Gasteiger partial charge >= 0.3 is 0 Å². The standard InChI is InChI=1S/C17H32N4O2S2.HI/c1-4-19-17(20-12-8-6-5-7-9-14(2)3)21-13-15-10-11-16(24-15)25(18,22)23;/h10-11,14H,4-9,12-13H2,1-3H3,(H2,18,22,23)(H2,19,20,21);1H. The summed E-state index contributed by atoms with van der Waals surface area (Å²) in [5, 5.41) is 11.7. The van der Waals surface area contributed by atoms with E-state index in [9.17, 15) is 8.42 Å². The minimum Gasteiger partial charge on any atom is -0.357 e. The first kappa shape index (κ1) is 25.6. The molecule has 4 N–H and O–H groups in total. The summed E-state index contributed by atoms with van der Waals surface area (Å²) in [4.78, 5) is 5.38. The highest BCUT2D eigenvalue weighted by Crippen LogP contribution is 2.20. The molecule has 0 spiro atoms. The minimum absolute atomic E-state index is 0. The molecule has 152 valence electrons. The van der Waals surface area contributed by atoms with Gasteiger partial charge in [0.1, 0.15) is 4.21 Å². The number of thiophene rings is 1. The van der Waals surface area contributed by atoms with Crippen LogP contribution in [0, 0.1) is 5.92 Å². The Labute approximate surface area is 179 Å². The average Bonchev–Trinajstić information content (AvgIpc) is 3.00. The van der Waals surface area contributed by atoms with Crippen molar-refractivity contribution in [1.82, 2.24) is 10.6 Å². The first-order valence-corrected chi connectivity index (χ1v) is 11.3. The average molecular weight is 517 g/mol. The van der Waals surface area contributed by atoms with Crippen molar-refractivity contribution in [2.24, 2.45) is 16.0 Å². The van der Waals surface area contributed by atoms with E-state index in [0.29, 0.717) is 6.54 Å². The Bertz CT molecular complexity index is 630. The molecule has 0 atom stereocenters. The van der Waals surface area contributed by atoms with Crippen molar-refractivity contribution in [3.63, 3.8) is 0 Å². The predicted molar refractivity (Wildman–Crippen MR) is 122 cm³/mol. The van der Waals surface area contributed by atoms with Crippen LogP contribution in [0.3, 0.4) is 0 Å². The lowest BCUT2D eigenvalue weighted by Gasteiger charge is -2.11. The number of nitrogens with one attached hydrogen (secondary N) is 2. The van der Waals surface area contributed by atoms with E-state index in [4.69, 9.17) is 5.14 Å². The van der Waals surface area contributed by atoms with Crippen LogP contribution in [0.4, 0.5) is 0 Å². The molecule has 0 unspecified atom stereocenters. The largest absolute Gasteiger partial charge is 0.357 e. The van der Waals surface area contributed by atoms with Gasteiger partial charge in [-0.25, -0.2) is 18.5 Å². The summed E-state index contributed by atoms with van der Waals surface area (Å²) in [5.74, 6) is 1.55. The van der Waals surface area contributed by atoms with Gasteiger partial charge in [-0.1, -0.05) is 39.5 Å². The fourth-order valence-corrected chi connectivity index (χ4v) is 4.04. The van der Waals surface area contributed by atoms with Gasteiger partial charge in [0, 0.05) is 18.0 Å². The molecule has 9 heteroatoms. The zero-order valence-electron chi connectivity index (χ0n) is 16.0. The molecule has 0 aliphatic heterocycles. The summed E-state index contributed by atoms with van der Waals surface area (Å²) in [6.07, 6.45) is 6.23. The second kappa shape index (κ2) is 13.7. The van der Waals surface area contributed by atoms with Crippen molar-refractivity contribution in [1.29, 1.82) is 0 Å². The van der Waals surface area contributed by atoms with Crippen LogP contribution < -0.4 is 15.8 Å². The number of sulfonamides is 1. The highest BCUT2D eigenvalue weighted by atomic mass is 127. The van der Waals surface area contributed by atoms with E-state index in [2.05, 4.69) is 29.5 Å². The summed E-state index contributed by atoms with van der Waals surface area (Å²) in [7, 11) is -3.62. The molecule has 0 aliphatic rings. The van der Waals surface area contributed by atoms with E-state index in [-0.39, 0.29) is 28.2 Å². The number of nitrogens with two attached hydrogens (primary N) is 1. The Hall–Kier alpha value is -0.390. The number of unbranched alkanes of at least 4 members (excludes halogenated alkanes) is 3.